The molecule has 0 spiro atoms. The second-order valence-electron chi connectivity index (χ2n) is 7.34. The van der Waals surface area contributed by atoms with Crippen molar-refractivity contribution >= 4 is 23.9 Å². The van der Waals surface area contributed by atoms with Gasteiger partial charge >= 0.3 is 5.97 Å². The number of aliphatic carboxylic acids is 1. The topological polar surface area (TPSA) is 96.6 Å². The van der Waals surface area contributed by atoms with Crippen LogP contribution in [-0.2, 0) is 24.2 Å². The third kappa shape index (κ3) is 3.25. The number of carbonyl (C=O) groups is 2. The van der Waals surface area contributed by atoms with Crippen molar-refractivity contribution in [1.29, 1.82) is 0 Å². The van der Waals surface area contributed by atoms with Crippen LogP contribution in [0.2, 0.25) is 0 Å². The van der Waals surface area contributed by atoms with E-state index in [9.17, 15) is 14.7 Å². The monoisotopic (exact) mass is 366 g/mol. The lowest BCUT2D eigenvalue weighted by molar-refractivity contribution is -0.149. The van der Waals surface area contributed by atoms with Gasteiger partial charge in [-0.25, -0.2) is 4.98 Å². The Morgan fingerprint density at radius 1 is 1.22 bits per heavy atom. The Bertz CT molecular complexity index is 891. The van der Waals surface area contributed by atoms with Crippen LogP contribution >= 0.6 is 0 Å². The molecular weight excluding hydrogens is 344 g/mol. The summed E-state index contributed by atoms with van der Waals surface area (Å²) in [5.74, 6) is -0.238. The number of imidazole rings is 1. The average Bonchev–Trinajstić information content (AvgIpc) is 3.19. The van der Waals surface area contributed by atoms with Crippen LogP contribution in [0.25, 0.3) is 0 Å². The number of hydrogen-bond donors (Lipinski definition) is 2. The lowest BCUT2D eigenvalue weighted by Crippen LogP contribution is -2.31. The minimum absolute atomic E-state index is 0.0583. The number of rotatable bonds is 6. The molecule has 140 valence electrons. The largest absolute Gasteiger partial charge is 0.481 e. The number of benzene rings is 1. The number of carbonyl (C=O) groups excluding carboxylic acids is 1. The third-order valence-corrected chi connectivity index (χ3v) is 5.56. The van der Waals surface area contributed by atoms with Gasteiger partial charge in [-0.15, -0.1) is 0 Å². The van der Waals surface area contributed by atoms with Gasteiger partial charge in [0.1, 0.15) is 12.2 Å². The zero-order valence-electron chi connectivity index (χ0n) is 15.0. The molecule has 0 amide bonds. The first-order valence-electron chi connectivity index (χ1n) is 9.22. The van der Waals surface area contributed by atoms with E-state index in [1.807, 2.05) is 28.8 Å². The van der Waals surface area contributed by atoms with E-state index in [1.54, 1.807) is 6.33 Å². The van der Waals surface area contributed by atoms with E-state index in [4.69, 9.17) is 0 Å². The Balaban J connectivity index is 1.39. The molecule has 1 aromatic carbocycles. The highest BCUT2D eigenvalue weighted by Gasteiger charge is 2.43. The summed E-state index contributed by atoms with van der Waals surface area (Å²) in [4.78, 5) is 32.4. The van der Waals surface area contributed by atoms with E-state index in [0.717, 1.165) is 24.0 Å². The number of nitrogens with one attached hydrogen (secondary N) is 1. The van der Waals surface area contributed by atoms with Crippen LogP contribution in [0.1, 0.15) is 40.9 Å². The van der Waals surface area contributed by atoms with Gasteiger partial charge in [-0.05, 0) is 36.8 Å². The zero-order valence-corrected chi connectivity index (χ0v) is 15.0. The Kier molecular flexibility index (Phi) is 4.51. The van der Waals surface area contributed by atoms with Crippen molar-refractivity contribution in [2.45, 2.75) is 38.6 Å². The number of aryl methyl sites for hydroxylation is 1. The van der Waals surface area contributed by atoms with E-state index in [1.165, 1.54) is 6.34 Å². The molecule has 0 atom stereocenters. The first-order valence-corrected chi connectivity index (χ1v) is 9.22. The molecule has 0 unspecified atom stereocenters. The van der Waals surface area contributed by atoms with Gasteiger partial charge in [-0.2, -0.15) is 0 Å². The fourth-order valence-corrected chi connectivity index (χ4v) is 4.13. The van der Waals surface area contributed by atoms with E-state index in [-0.39, 0.29) is 12.3 Å². The summed E-state index contributed by atoms with van der Waals surface area (Å²) in [7, 11) is 0. The van der Waals surface area contributed by atoms with Gasteiger partial charge in [-0.3, -0.25) is 14.6 Å². The van der Waals surface area contributed by atoms with Crippen LogP contribution in [0.3, 0.4) is 0 Å². The zero-order chi connectivity index (χ0) is 18.9. The van der Waals surface area contributed by atoms with Crippen molar-refractivity contribution < 1.29 is 14.7 Å². The highest BCUT2D eigenvalue weighted by Crippen LogP contribution is 2.41. The van der Waals surface area contributed by atoms with Crippen molar-refractivity contribution in [1.82, 2.24) is 9.55 Å². The van der Waals surface area contributed by atoms with E-state index < -0.39 is 11.4 Å². The van der Waals surface area contributed by atoms with Gasteiger partial charge in [0.25, 0.3) is 0 Å². The molecule has 0 saturated heterocycles. The second-order valence-corrected chi connectivity index (χ2v) is 7.34. The van der Waals surface area contributed by atoms with Crippen molar-refractivity contribution in [2.75, 3.05) is 11.9 Å². The van der Waals surface area contributed by atoms with Gasteiger partial charge in [0.2, 0.25) is 5.78 Å². The molecular formula is C20H22N4O3. The maximum Gasteiger partial charge on any atom is 0.310 e. The molecule has 1 aliphatic heterocycles. The van der Waals surface area contributed by atoms with Crippen LogP contribution in [0.15, 0.2) is 35.6 Å². The van der Waals surface area contributed by atoms with E-state index >= 15 is 0 Å². The quantitative estimate of drug-likeness (QED) is 0.766. The number of aromatic nitrogens is 2. The van der Waals surface area contributed by atoms with Gasteiger partial charge < -0.3 is 15.0 Å². The molecule has 27 heavy (non-hydrogen) atoms. The molecule has 1 aliphatic carbocycles. The summed E-state index contributed by atoms with van der Waals surface area (Å²) in [5, 5.41) is 12.8. The van der Waals surface area contributed by atoms with Crippen molar-refractivity contribution in [2.24, 2.45) is 10.4 Å². The number of fused-ring (bicyclic) bond motifs is 2. The predicted octanol–water partition coefficient (Wildman–Crippen LogP) is 2.56. The number of Topliss-reactive ketones (excluding diaryl/α,β-unsaturated/α-hetero) is 1. The summed E-state index contributed by atoms with van der Waals surface area (Å²) in [6.45, 7) is 0.754. The summed E-state index contributed by atoms with van der Waals surface area (Å²) in [6, 6.07) is 8.00. The number of aliphatic imine (C=N–C) groups is 1. The third-order valence-electron chi connectivity index (χ3n) is 5.56. The molecule has 2 aromatic rings. The molecule has 2 aliphatic rings. The smallest absolute Gasteiger partial charge is 0.310 e. The number of unbranched alkanes of at least 4 members (excludes halogenated alkanes) is 1. The molecule has 0 fully saturated rings. The van der Waals surface area contributed by atoms with Gasteiger partial charge in [0, 0.05) is 6.54 Å². The summed E-state index contributed by atoms with van der Waals surface area (Å²) in [6.07, 6.45) is 6.55. The van der Waals surface area contributed by atoms with Crippen LogP contribution in [0.5, 0.6) is 0 Å². The SMILES string of the molecule is O=C1CN=CNc2ncn(CCCCC3(C(=O)O)Cc4ccccc4C3)c21. The number of carboxylic acid groups (broad SMARTS) is 1. The normalized spacial score (nSPS) is 17.1. The molecule has 1 aromatic heterocycles. The standard InChI is InChI=1S/C20H22N4O3/c25-16-11-21-12-22-18-17(16)24(13-23-18)8-4-3-7-20(19(26)27)9-14-5-1-2-6-15(14)10-20/h1-2,5-6,12-13H,3-4,7-11H2,(H,21,22)(H,26,27). The molecule has 2 N–H and O–H groups in total. The van der Waals surface area contributed by atoms with Crippen LogP contribution in [0.4, 0.5) is 5.82 Å². The second kappa shape index (κ2) is 6.98. The average molecular weight is 366 g/mol. The van der Waals surface area contributed by atoms with Crippen LogP contribution < -0.4 is 5.32 Å². The van der Waals surface area contributed by atoms with E-state index in [0.29, 0.717) is 37.3 Å². The molecule has 0 saturated carbocycles. The van der Waals surface area contributed by atoms with Crippen LogP contribution in [-0.4, -0.2) is 39.3 Å². The number of carboxylic acids is 1. The summed E-state index contributed by atoms with van der Waals surface area (Å²) < 4.78 is 1.84. The number of nitrogens with zero attached hydrogens (tertiary/aromatic N) is 3. The van der Waals surface area contributed by atoms with Crippen LogP contribution in [0, 0.1) is 5.41 Å². The molecule has 0 bridgehead atoms. The molecule has 7 heteroatoms. The van der Waals surface area contributed by atoms with Gasteiger partial charge in [0.15, 0.2) is 5.82 Å². The molecule has 2 heterocycles. The first kappa shape index (κ1) is 17.5. The lowest BCUT2D eigenvalue weighted by Gasteiger charge is -2.23. The molecule has 0 radical (unpaired) electrons. The summed E-state index contributed by atoms with van der Waals surface area (Å²) >= 11 is 0. The fourth-order valence-electron chi connectivity index (χ4n) is 4.13. The highest BCUT2D eigenvalue weighted by atomic mass is 16.4. The number of anilines is 1. The Morgan fingerprint density at radius 3 is 2.67 bits per heavy atom. The Morgan fingerprint density at radius 2 is 1.96 bits per heavy atom. The predicted molar refractivity (Wildman–Crippen MR) is 101 cm³/mol. The minimum atomic E-state index is -0.716. The van der Waals surface area contributed by atoms with Gasteiger partial charge in [0.05, 0.1) is 18.1 Å². The lowest BCUT2D eigenvalue weighted by atomic mass is 9.80. The van der Waals surface area contributed by atoms with E-state index in [2.05, 4.69) is 15.3 Å². The fraction of sp³-hybridized carbons (Fsp3) is 0.400. The summed E-state index contributed by atoms with van der Waals surface area (Å²) in [5.41, 5.74) is 2.14. The minimum Gasteiger partial charge on any atom is -0.481 e. The maximum absolute atomic E-state index is 12.2. The molecule has 4 rings (SSSR count). The highest BCUT2D eigenvalue weighted by molar-refractivity contribution is 6.04. The molecule has 7 nitrogen and oxygen atoms in total. The first-order chi connectivity index (χ1) is 13.1. The number of ketones is 1. The van der Waals surface area contributed by atoms with Crippen molar-refractivity contribution in [3.05, 3.63) is 47.4 Å². The Hall–Kier alpha value is -2.96. The number of hydrogen-bond acceptors (Lipinski definition) is 5. The maximum atomic E-state index is 12.2. The van der Waals surface area contributed by atoms with Crippen molar-refractivity contribution in [3.63, 3.8) is 0 Å². The van der Waals surface area contributed by atoms with Gasteiger partial charge in [-0.1, -0.05) is 30.7 Å². The Labute approximate surface area is 157 Å². The van der Waals surface area contributed by atoms with Crippen molar-refractivity contribution in [3.8, 4) is 0 Å².